The number of hydrogen-bond acceptors (Lipinski definition) is 5. The van der Waals surface area contributed by atoms with E-state index in [1.165, 1.54) is 12.1 Å². The molecule has 1 aromatic heterocycles. The van der Waals surface area contributed by atoms with Gasteiger partial charge in [-0.2, -0.15) is 0 Å². The summed E-state index contributed by atoms with van der Waals surface area (Å²) in [5, 5.41) is 11.6. The highest BCUT2D eigenvalue weighted by Gasteiger charge is 2.19. The zero-order valence-electron chi connectivity index (χ0n) is 16.0. The van der Waals surface area contributed by atoms with Crippen LogP contribution in [0.25, 0.3) is 10.9 Å². The van der Waals surface area contributed by atoms with Crippen molar-refractivity contribution in [2.75, 3.05) is 6.61 Å². The number of nitro groups is 1. The van der Waals surface area contributed by atoms with Crippen molar-refractivity contribution < 1.29 is 14.4 Å². The Labute approximate surface area is 158 Å². The van der Waals surface area contributed by atoms with Crippen molar-refractivity contribution in [3.05, 3.63) is 50.5 Å². The van der Waals surface area contributed by atoms with Crippen molar-refractivity contribution in [1.82, 2.24) is 4.98 Å². The SMILES string of the molecule is CC=C(CC)Oc1c(OCCCCCC)c(=O)[nH]c2cc([N+](=O)[O-])ccc12. The van der Waals surface area contributed by atoms with Gasteiger partial charge in [-0.25, -0.2) is 0 Å². The number of fused-ring (bicyclic) bond motifs is 1. The number of nitrogens with zero attached hydrogens (tertiary/aromatic N) is 1. The van der Waals surface area contributed by atoms with Crippen molar-refractivity contribution in [2.24, 2.45) is 0 Å². The number of nitrogens with one attached hydrogen (secondary N) is 1. The predicted molar refractivity (Wildman–Crippen MR) is 106 cm³/mol. The van der Waals surface area contributed by atoms with E-state index in [0.29, 0.717) is 35.4 Å². The molecule has 0 aliphatic rings. The largest absolute Gasteiger partial charge is 0.485 e. The van der Waals surface area contributed by atoms with E-state index < -0.39 is 10.5 Å². The van der Waals surface area contributed by atoms with Crippen LogP contribution in [-0.4, -0.2) is 16.5 Å². The van der Waals surface area contributed by atoms with Gasteiger partial charge in [-0.15, -0.1) is 0 Å². The molecule has 0 aliphatic carbocycles. The molecule has 0 amide bonds. The standard InChI is InChI=1S/C20H26N2O5/c1-4-7-8-9-12-26-19-18(27-15(5-2)6-3)16-11-10-14(22(24)25)13-17(16)21-20(19)23/h5,10-11,13H,4,6-9,12H2,1-3H3,(H,21,23). The lowest BCUT2D eigenvalue weighted by Gasteiger charge is -2.15. The van der Waals surface area contributed by atoms with Crippen LogP contribution in [0.1, 0.15) is 52.9 Å². The van der Waals surface area contributed by atoms with Gasteiger partial charge >= 0.3 is 0 Å². The van der Waals surface area contributed by atoms with Crippen LogP contribution in [0, 0.1) is 10.1 Å². The van der Waals surface area contributed by atoms with Gasteiger partial charge in [0.15, 0.2) is 5.75 Å². The molecule has 2 aromatic rings. The molecule has 0 saturated carbocycles. The summed E-state index contributed by atoms with van der Waals surface area (Å²) in [6.45, 7) is 6.34. The summed E-state index contributed by atoms with van der Waals surface area (Å²) in [4.78, 5) is 25.8. The molecule has 0 saturated heterocycles. The van der Waals surface area contributed by atoms with Gasteiger partial charge in [0.25, 0.3) is 11.2 Å². The van der Waals surface area contributed by atoms with Gasteiger partial charge in [-0.3, -0.25) is 14.9 Å². The van der Waals surface area contributed by atoms with E-state index in [-0.39, 0.29) is 11.4 Å². The normalized spacial score (nSPS) is 11.6. The molecule has 7 heteroatoms. The van der Waals surface area contributed by atoms with Crippen LogP contribution in [0.15, 0.2) is 34.8 Å². The number of allylic oxidation sites excluding steroid dienone is 2. The Morgan fingerprint density at radius 1 is 1.22 bits per heavy atom. The third kappa shape index (κ3) is 5.09. The minimum atomic E-state index is -0.500. The van der Waals surface area contributed by atoms with E-state index >= 15 is 0 Å². The van der Waals surface area contributed by atoms with Crippen molar-refractivity contribution in [3.63, 3.8) is 0 Å². The third-order valence-corrected chi connectivity index (χ3v) is 4.27. The van der Waals surface area contributed by atoms with Gasteiger partial charge in [-0.05, 0) is 25.5 Å². The topological polar surface area (TPSA) is 94.5 Å². The predicted octanol–water partition coefficient (Wildman–Crippen LogP) is 5.09. The zero-order valence-corrected chi connectivity index (χ0v) is 16.0. The van der Waals surface area contributed by atoms with Gasteiger partial charge in [-0.1, -0.05) is 33.1 Å². The summed E-state index contributed by atoms with van der Waals surface area (Å²) in [7, 11) is 0. The van der Waals surface area contributed by atoms with Gasteiger partial charge < -0.3 is 14.5 Å². The van der Waals surface area contributed by atoms with E-state index in [1.807, 2.05) is 19.9 Å². The highest BCUT2D eigenvalue weighted by atomic mass is 16.6. The molecule has 7 nitrogen and oxygen atoms in total. The molecule has 1 aromatic carbocycles. The number of H-pyrrole nitrogens is 1. The van der Waals surface area contributed by atoms with E-state index in [2.05, 4.69) is 11.9 Å². The summed E-state index contributed by atoms with van der Waals surface area (Å²) in [5.74, 6) is 1.10. The van der Waals surface area contributed by atoms with Crippen molar-refractivity contribution in [1.29, 1.82) is 0 Å². The highest BCUT2D eigenvalue weighted by Crippen LogP contribution is 2.35. The monoisotopic (exact) mass is 374 g/mol. The van der Waals surface area contributed by atoms with Crippen LogP contribution in [0.3, 0.4) is 0 Å². The minimum absolute atomic E-state index is 0.0981. The first kappa shape index (κ1) is 20.5. The molecule has 0 fully saturated rings. The van der Waals surface area contributed by atoms with Crippen LogP contribution in [0.5, 0.6) is 11.5 Å². The molecule has 0 radical (unpaired) electrons. The van der Waals surface area contributed by atoms with Crippen molar-refractivity contribution >= 4 is 16.6 Å². The lowest BCUT2D eigenvalue weighted by atomic mass is 10.1. The van der Waals surface area contributed by atoms with Gasteiger partial charge in [0.1, 0.15) is 0 Å². The number of unbranched alkanes of at least 4 members (excludes halogenated alkanes) is 3. The second-order valence-corrected chi connectivity index (χ2v) is 6.22. The summed E-state index contributed by atoms with van der Waals surface area (Å²) in [6, 6.07) is 4.29. The average molecular weight is 374 g/mol. The smallest absolute Gasteiger partial charge is 0.294 e. The second kappa shape index (κ2) is 9.75. The Balaban J connectivity index is 2.48. The molecule has 0 spiro atoms. The number of hydrogen-bond donors (Lipinski definition) is 1. The first-order valence-electron chi connectivity index (χ1n) is 9.32. The number of nitro benzene ring substituents is 1. The summed E-state index contributed by atoms with van der Waals surface area (Å²) in [6.07, 6.45) is 6.57. The fraction of sp³-hybridized carbons (Fsp3) is 0.450. The second-order valence-electron chi connectivity index (χ2n) is 6.22. The first-order valence-corrected chi connectivity index (χ1v) is 9.32. The Morgan fingerprint density at radius 2 is 2.00 bits per heavy atom. The molecule has 1 heterocycles. The molecule has 0 bridgehead atoms. The number of non-ortho nitro benzene ring substituents is 1. The van der Waals surface area contributed by atoms with Crippen molar-refractivity contribution in [2.45, 2.75) is 52.9 Å². The number of aromatic nitrogens is 1. The van der Waals surface area contributed by atoms with Crippen LogP contribution >= 0.6 is 0 Å². The average Bonchev–Trinajstić information content (AvgIpc) is 2.66. The van der Waals surface area contributed by atoms with Gasteiger partial charge in [0.2, 0.25) is 5.75 Å². The molecular formula is C20H26N2O5. The summed E-state index contributed by atoms with van der Waals surface area (Å²) >= 11 is 0. The Bertz CT molecular complexity index is 886. The van der Waals surface area contributed by atoms with Crippen molar-refractivity contribution in [3.8, 4) is 11.5 Å². The van der Waals surface area contributed by atoms with E-state index in [0.717, 1.165) is 25.7 Å². The quantitative estimate of drug-likeness (QED) is 0.270. The Hall–Kier alpha value is -2.83. The molecule has 1 N–H and O–H groups in total. The lowest BCUT2D eigenvalue weighted by Crippen LogP contribution is -2.14. The molecule has 0 atom stereocenters. The van der Waals surface area contributed by atoms with E-state index in [1.54, 1.807) is 6.07 Å². The third-order valence-electron chi connectivity index (χ3n) is 4.27. The molecule has 146 valence electrons. The fourth-order valence-corrected chi connectivity index (χ4v) is 2.75. The van der Waals surface area contributed by atoms with Crippen LogP contribution in [0.2, 0.25) is 0 Å². The zero-order chi connectivity index (χ0) is 19.8. The first-order chi connectivity index (χ1) is 13.0. The van der Waals surface area contributed by atoms with Gasteiger partial charge in [0.05, 0.1) is 22.8 Å². The number of benzene rings is 1. The van der Waals surface area contributed by atoms with Gasteiger partial charge in [0, 0.05) is 23.9 Å². The van der Waals surface area contributed by atoms with E-state index in [4.69, 9.17) is 9.47 Å². The maximum Gasteiger partial charge on any atom is 0.294 e. The Morgan fingerprint density at radius 3 is 2.63 bits per heavy atom. The number of pyridine rings is 1. The molecule has 27 heavy (non-hydrogen) atoms. The summed E-state index contributed by atoms with van der Waals surface area (Å²) < 4.78 is 11.7. The summed E-state index contributed by atoms with van der Waals surface area (Å²) in [5.41, 5.74) is -0.215. The minimum Gasteiger partial charge on any atom is -0.485 e. The molecule has 0 unspecified atom stereocenters. The fourth-order valence-electron chi connectivity index (χ4n) is 2.75. The van der Waals surface area contributed by atoms with Crippen LogP contribution in [0.4, 0.5) is 5.69 Å². The van der Waals surface area contributed by atoms with Crippen LogP contribution < -0.4 is 15.0 Å². The van der Waals surface area contributed by atoms with E-state index in [9.17, 15) is 14.9 Å². The highest BCUT2D eigenvalue weighted by molar-refractivity contribution is 5.89. The van der Waals surface area contributed by atoms with Crippen LogP contribution in [-0.2, 0) is 0 Å². The molecular weight excluding hydrogens is 348 g/mol. The Kier molecular flexibility index (Phi) is 7.40. The maximum absolute atomic E-state index is 12.6. The molecule has 0 aliphatic heterocycles. The number of aromatic amines is 1. The lowest BCUT2D eigenvalue weighted by molar-refractivity contribution is -0.384. The maximum atomic E-state index is 12.6. The molecule has 2 rings (SSSR count). The number of ether oxygens (including phenoxy) is 2. The number of rotatable bonds is 10.